The summed E-state index contributed by atoms with van der Waals surface area (Å²) in [6.45, 7) is 6.44. The minimum atomic E-state index is -0.602. The quantitative estimate of drug-likeness (QED) is 0.443. The smallest absolute Gasteiger partial charge is 0.0719 e. The molecule has 0 aliphatic heterocycles. The number of aliphatic hydroxyl groups excluding tert-OH is 1. The van der Waals surface area contributed by atoms with E-state index in [1.165, 1.54) is 6.08 Å². The Labute approximate surface area is 31.9 Å². The fraction of sp³-hybridized carbons (Fsp3) is 0.250. The molecule has 0 saturated carbocycles. The molecule has 0 saturated heterocycles. The van der Waals surface area contributed by atoms with Gasteiger partial charge in [0.15, 0.2) is 0 Å². The number of hydrogen-bond donors (Lipinski definition) is 1. The highest BCUT2D eigenvalue weighted by molar-refractivity contribution is 4.78. The lowest BCUT2D eigenvalue weighted by Crippen LogP contribution is -1.89. The highest BCUT2D eigenvalue weighted by Crippen LogP contribution is 1.72. The van der Waals surface area contributed by atoms with Gasteiger partial charge in [-0.05, 0) is 6.92 Å². The van der Waals surface area contributed by atoms with Gasteiger partial charge in [0.2, 0.25) is 0 Å². The molecular weight excluding hydrogens is 64.0 g/mol. The Morgan fingerprint density at radius 3 is 2.00 bits per heavy atom. The van der Waals surface area contributed by atoms with E-state index in [1.54, 1.807) is 0 Å². The maximum absolute atomic E-state index is 8.13. The Morgan fingerprint density at radius 1 is 1.80 bits per heavy atom. The second kappa shape index (κ2) is 1.97. The first-order valence-electron chi connectivity index (χ1n) is 1.41. The summed E-state index contributed by atoms with van der Waals surface area (Å²) in [4.78, 5) is 0. The van der Waals surface area contributed by atoms with Crippen molar-refractivity contribution in [2.24, 2.45) is 0 Å². The van der Waals surface area contributed by atoms with Crippen LogP contribution in [0.1, 0.15) is 0 Å². The molecule has 0 fully saturated rings. The van der Waals surface area contributed by atoms with Gasteiger partial charge < -0.3 is 5.11 Å². The van der Waals surface area contributed by atoms with E-state index in [9.17, 15) is 0 Å². The summed E-state index contributed by atoms with van der Waals surface area (Å²) in [6.07, 6.45) is 0.759. The molecule has 0 unspecified atom stereocenters. The van der Waals surface area contributed by atoms with Crippen LogP contribution in [0.5, 0.6) is 0 Å². The van der Waals surface area contributed by atoms with Crippen molar-refractivity contribution in [2.75, 3.05) is 0 Å². The van der Waals surface area contributed by atoms with Crippen molar-refractivity contribution in [1.82, 2.24) is 0 Å². The molecule has 0 spiro atoms. The van der Waals surface area contributed by atoms with Crippen LogP contribution < -0.4 is 0 Å². The van der Waals surface area contributed by atoms with Crippen LogP contribution in [-0.4, -0.2) is 11.2 Å². The molecule has 1 N–H and O–H groups in total. The summed E-state index contributed by atoms with van der Waals surface area (Å²) in [5, 5.41) is 8.13. The van der Waals surface area contributed by atoms with Gasteiger partial charge >= 0.3 is 0 Å². The molecule has 0 aromatic carbocycles. The molecular formula is C4H7O. The molecule has 1 radical (unpaired) electrons. The van der Waals surface area contributed by atoms with Gasteiger partial charge in [-0.25, -0.2) is 0 Å². The van der Waals surface area contributed by atoms with Gasteiger partial charge in [0.05, 0.1) is 6.10 Å². The molecule has 29 valence electrons. The summed E-state index contributed by atoms with van der Waals surface area (Å²) in [7, 11) is 0. The van der Waals surface area contributed by atoms with Crippen LogP contribution >= 0.6 is 0 Å². The van der Waals surface area contributed by atoms with Gasteiger partial charge in [-0.2, -0.15) is 0 Å². The zero-order valence-corrected chi connectivity index (χ0v) is 3.02. The molecule has 0 aromatic rings. The van der Waals surface area contributed by atoms with Crippen LogP contribution in [0.15, 0.2) is 12.7 Å². The monoisotopic (exact) mass is 71.0 g/mol. The summed E-state index contributed by atoms with van der Waals surface area (Å²) in [5.74, 6) is 0. The summed E-state index contributed by atoms with van der Waals surface area (Å²) in [5.41, 5.74) is 0. The van der Waals surface area contributed by atoms with Crippen LogP contribution in [0.2, 0.25) is 0 Å². The van der Waals surface area contributed by atoms with Gasteiger partial charge in [0, 0.05) is 0 Å². The summed E-state index contributed by atoms with van der Waals surface area (Å²) < 4.78 is 0. The fourth-order valence-electron chi connectivity index (χ4n) is 0. The SMILES string of the molecule is [CH2][C@@H](O)C=C. The van der Waals surface area contributed by atoms with Gasteiger partial charge in [-0.1, -0.05) is 6.08 Å². The molecule has 1 nitrogen and oxygen atoms in total. The number of rotatable bonds is 1. The minimum absolute atomic E-state index is 0.602. The van der Waals surface area contributed by atoms with Crippen LogP contribution in [0, 0.1) is 6.92 Å². The summed E-state index contributed by atoms with van der Waals surface area (Å²) in [6, 6.07) is 0. The highest BCUT2D eigenvalue weighted by atomic mass is 16.3. The van der Waals surface area contributed by atoms with E-state index in [4.69, 9.17) is 5.11 Å². The van der Waals surface area contributed by atoms with Crippen LogP contribution in [0.3, 0.4) is 0 Å². The Hall–Kier alpha value is -0.300. The lowest BCUT2D eigenvalue weighted by Gasteiger charge is -1.84. The van der Waals surface area contributed by atoms with Crippen molar-refractivity contribution < 1.29 is 5.11 Å². The van der Waals surface area contributed by atoms with Gasteiger partial charge in [-0.3, -0.25) is 0 Å². The van der Waals surface area contributed by atoms with Crippen molar-refractivity contribution in [3.8, 4) is 0 Å². The zero-order valence-electron chi connectivity index (χ0n) is 3.02. The predicted molar refractivity (Wildman–Crippen MR) is 21.6 cm³/mol. The first kappa shape index (κ1) is 4.70. The van der Waals surface area contributed by atoms with Gasteiger partial charge in [0.1, 0.15) is 0 Å². The van der Waals surface area contributed by atoms with Crippen molar-refractivity contribution in [3.63, 3.8) is 0 Å². The third-order valence-corrected chi connectivity index (χ3v) is 0.272. The average molecular weight is 71.1 g/mol. The molecule has 0 amide bonds. The maximum Gasteiger partial charge on any atom is 0.0719 e. The predicted octanol–water partition coefficient (Wildman–Crippen LogP) is 0.367. The Kier molecular flexibility index (Phi) is 1.85. The third kappa shape index (κ3) is 3.70. The van der Waals surface area contributed by atoms with Crippen molar-refractivity contribution >= 4 is 0 Å². The normalized spacial score (nSPS) is 14.0. The van der Waals surface area contributed by atoms with E-state index < -0.39 is 6.10 Å². The van der Waals surface area contributed by atoms with Gasteiger partial charge in [0.25, 0.3) is 0 Å². The molecule has 0 heterocycles. The largest absolute Gasteiger partial charge is 0.389 e. The lowest BCUT2D eigenvalue weighted by atomic mass is 10.4. The fourth-order valence-corrected chi connectivity index (χ4v) is 0. The average Bonchev–Trinajstić information content (AvgIpc) is 1.38. The topological polar surface area (TPSA) is 20.2 Å². The number of aliphatic hydroxyl groups is 1. The minimum Gasteiger partial charge on any atom is -0.389 e. The van der Waals surface area contributed by atoms with E-state index in [0.29, 0.717) is 0 Å². The molecule has 0 aromatic heterocycles. The Balaban J connectivity index is 2.83. The molecule has 0 aliphatic rings. The highest BCUT2D eigenvalue weighted by Gasteiger charge is 1.75. The standard InChI is InChI=1S/C4H7O/c1-3-4(2)5/h3-5H,1-2H2/t4-/m1/s1. The summed E-state index contributed by atoms with van der Waals surface area (Å²) >= 11 is 0. The van der Waals surface area contributed by atoms with Gasteiger partial charge in [-0.15, -0.1) is 6.58 Å². The first-order chi connectivity index (χ1) is 2.27. The van der Waals surface area contributed by atoms with Crippen molar-refractivity contribution in [2.45, 2.75) is 6.10 Å². The molecule has 0 rings (SSSR count). The first-order valence-corrected chi connectivity index (χ1v) is 1.41. The Bertz CT molecular complexity index is 30.6. The maximum atomic E-state index is 8.13. The van der Waals surface area contributed by atoms with E-state index in [-0.39, 0.29) is 0 Å². The second-order valence-corrected chi connectivity index (χ2v) is 0.803. The van der Waals surface area contributed by atoms with Crippen LogP contribution in [0.25, 0.3) is 0 Å². The zero-order chi connectivity index (χ0) is 4.28. The molecule has 1 heteroatoms. The lowest BCUT2D eigenvalue weighted by molar-refractivity contribution is 0.269. The van der Waals surface area contributed by atoms with Crippen LogP contribution in [-0.2, 0) is 0 Å². The Morgan fingerprint density at radius 2 is 2.00 bits per heavy atom. The molecule has 5 heavy (non-hydrogen) atoms. The number of hydrogen-bond acceptors (Lipinski definition) is 1. The van der Waals surface area contributed by atoms with E-state index in [0.717, 1.165) is 0 Å². The van der Waals surface area contributed by atoms with Crippen molar-refractivity contribution in [3.05, 3.63) is 19.6 Å². The van der Waals surface area contributed by atoms with Crippen molar-refractivity contribution in [1.29, 1.82) is 0 Å². The van der Waals surface area contributed by atoms with Crippen LogP contribution in [0.4, 0.5) is 0 Å². The third-order valence-electron chi connectivity index (χ3n) is 0.272. The van der Waals surface area contributed by atoms with E-state index >= 15 is 0 Å². The molecule has 0 bridgehead atoms. The molecule has 1 atom stereocenters. The van der Waals surface area contributed by atoms with E-state index in [1.807, 2.05) is 0 Å². The second-order valence-electron chi connectivity index (χ2n) is 0.803. The molecule has 0 aliphatic carbocycles. The van der Waals surface area contributed by atoms with E-state index in [2.05, 4.69) is 13.5 Å².